The van der Waals surface area contributed by atoms with Gasteiger partial charge in [0.05, 0.1) is 13.1 Å². The zero-order valence-electron chi connectivity index (χ0n) is 15.0. The van der Waals surface area contributed by atoms with E-state index in [-0.39, 0.29) is 13.1 Å². The standard InChI is InChI=1S/C16H32N4O4/c1-17-5-3-6-18(2)10-12-20(14-16(23)24)8-4-7-19(11-9-17)13-15(21)22/h3-14H2,1-2H3,(H,21,22)(H,23,24). The molecule has 1 fully saturated rings. The molecule has 0 radical (unpaired) electrons. The van der Waals surface area contributed by atoms with Crippen LogP contribution in [-0.4, -0.2) is 121 Å². The van der Waals surface area contributed by atoms with Crippen LogP contribution >= 0.6 is 0 Å². The molecule has 0 aromatic heterocycles. The van der Waals surface area contributed by atoms with Gasteiger partial charge >= 0.3 is 11.9 Å². The molecule has 0 amide bonds. The number of carboxylic acid groups (broad SMARTS) is 2. The number of likely N-dealkylation sites (N-methyl/N-ethyl adjacent to an activating group) is 2. The largest absolute Gasteiger partial charge is 0.480 e. The van der Waals surface area contributed by atoms with Gasteiger partial charge in [0.25, 0.3) is 0 Å². The van der Waals surface area contributed by atoms with Crippen molar-refractivity contribution in [2.45, 2.75) is 12.8 Å². The summed E-state index contributed by atoms with van der Waals surface area (Å²) in [6.45, 7) is 6.50. The van der Waals surface area contributed by atoms with E-state index < -0.39 is 11.9 Å². The Hall–Kier alpha value is -1.22. The molecule has 1 aliphatic heterocycles. The maximum Gasteiger partial charge on any atom is 0.317 e. The smallest absolute Gasteiger partial charge is 0.317 e. The number of aliphatic carboxylic acids is 2. The Morgan fingerprint density at radius 2 is 1.04 bits per heavy atom. The second-order valence-electron chi connectivity index (χ2n) is 6.65. The fourth-order valence-corrected chi connectivity index (χ4v) is 2.90. The van der Waals surface area contributed by atoms with Crippen LogP contribution in [0.1, 0.15) is 12.8 Å². The quantitative estimate of drug-likeness (QED) is 0.700. The van der Waals surface area contributed by atoms with Gasteiger partial charge in [0.15, 0.2) is 0 Å². The number of hydrogen-bond donors (Lipinski definition) is 2. The van der Waals surface area contributed by atoms with Gasteiger partial charge in [-0.2, -0.15) is 0 Å². The fraction of sp³-hybridized carbons (Fsp3) is 0.875. The van der Waals surface area contributed by atoms with Crippen molar-refractivity contribution in [1.82, 2.24) is 19.6 Å². The van der Waals surface area contributed by atoms with Gasteiger partial charge < -0.3 is 20.0 Å². The molecule has 1 saturated heterocycles. The molecule has 0 aromatic carbocycles. The Kier molecular flexibility index (Phi) is 9.85. The monoisotopic (exact) mass is 344 g/mol. The summed E-state index contributed by atoms with van der Waals surface area (Å²) in [4.78, 5) is 30.4. The van der Waals surface area contributed by atoms with Crippen LogP contribution in [0.5, 0.6) is 0 Å². The van der Waals surface area contributed by atoms with Crippen LogP contribution in [0.15, 0.2) is 0 Å². The minimum atomic E-state index is -0.817. The highest BCUT2D eigenvalue weighted by Crippen LogP contribution is 2.00. The van der Waals surface area contributed by atoms with E-state index >= 15 is 0 Å². The van der Waals surface area contributed by atoms with E-state index in [0.29, 0.717) is 13.1 Å². The summed E-state index contributed by atoms with van der Waals surface area (Å²) in [7, 11) is 4.14. The summed E-state index contributed by atoms with van der Waals surface area (Å²) in [5.41, 5.74) is 0. The van der Waals surface area contributed by atoms with Crippen molar-refractivity contribution < 1.29 is 19.8 Å². The van der Waals surface area contributed by atoms with Crippen molar-refractivity contribution in [3.63, 3.8) is 0 Å². The third-order valence-corrected chi connectivity index (χ3v) is 4.34. The number of nitrogens with zero attached hydrogens (tertiary/aromatic N) is 4. The molecule has 0 aliphatic carbocycles. The summed E-state index contributed by atoms with van der Waals surface area (Å²) in [6, 6.07) is 0. The van der Waals surface area contributed by atoms with E-state index in [2.05, 4.69) is 23.9 Å². The summed E-state index contributed by atoms with van der Waals surface area (Å²) in [5, 5.41) is 18.1. The second-order valence-corrected chi connectivity index (χ2v) is 6.65. The molecule has 1 rings (SSSR count). The van der Waals surface area contributed by atoms with E-state index in [1.165, 1.54) is 0 Å². The Bertz CT molecular complexity index is 360. The maximum absolute atomic E-state index is 11.0. The lowest BCUT2D eigenvalue weighted by Crippen LogP contribution is -2.41. The van der Waals surface area contributed by atoms with E-state index in [1.807, 2.05) is 9.80 Å². The second kappa shape index (κ2) is 11.4. The molecule has 24 heavy (non-hydrogen) atoms. The van der Waals surface area contributed by atoms with Gasteiger partial charge in [-0.25, -0.2) is 0 Å². The molecule has 8 heteroatoms. The minimum Gasteiger partial charge on any atom is -0.480 e. The third-order valence-electron chi connectivity index (χ3n) is 4.34. The molecule has 2 N–H and O–H groups in total. The molecule has 0 atom stereocenters. The Labute approximate surface area is 144 Å². The normalized spacial score (nSPS) is 22.1. The molecule has 0 saturated carbocycles. The minimum absolute atomic E-state index is 0.0372. The van der Waals surface area contributed by atoms with E-state index in [0.717, 1.165) is 52.1 Å². The van der Waals surface area contributed by atoms with Crippen LogP contribution in [0.4, 0.5) is 0 Å². The van der Waals surface area contributed by atoms with Gasteiger partial charge in [-0.3, -0.25) is 19.4 Å². The maximum atomic E-state index is 11.0. The van der Waals surface area contributed by atoms with Crippen LogP contribution in [0.2, 0.25) is 0 Å². The Morgan fingerprint density at radius 3 is 1.42 bits per heavy atom. The molecule has 0 bridgehead atoms. The molecular formula is C16H32N4O4. The highest BCUT2D eigenvalue weighted by molar-refractivity contribution is 5.69. The first kappa shape index (κ1) is 20.8. The average molecular weight is 344 g/mol. The molecular weight excluding hydrogens is 312 g/mol. The topological polar surface area (TPSA) is 87.6 Å². The fourth-order valence-electron chi connectivity index (χ4n) is 2.90. The first-order valence-electron chi connectivity index (χ1n) is 8.62. The lowest BCUT2D eigenvalue weighted by molar-refractivity contribution is -0.139. The zero-order chi connectivity index (χ0) is 17.9. The molecule has 8 nitrogen and oxygen atoms in total. The first-order valence-corrected chi connectivity index (χ1v) is 8.62. The van der Waals surface area contributed by atoms with Crippen LogP contribution in [0.25, 0.3) is 0 Å². The molecule has 0 aromatic rings. The third kappa shape index (κ3) is 9.82. The SMILES string of the molecule is CN1CCCN(C)CCN(CC(=O)O)CCCN(CC(=O)O)CC1. The van der Waals surface area contributed by atoms with Gasteiger partial charge in [-0.15, -0.1) is 0 Å². The first-order chi connectivity index (χ1) is 11.4. The molecule has 0 spiro atoms. The van der Waals surface area contributed by atoms with Crippen LogP contribution < -0.4 is 0 Å². The predicted octanol–water partition coefficient (Wildman–Crippen LogP) is -0.583. The van der Waals surface area contributed by atoms with Gasteiger partial charge in [0, 0.05) is 39.3 Å². The highest BCUT2D eigenvalue weighted by atomic mass is 16.4. The lowest BCUT2D eigenvalue weighted by atomic mass is 10.3. The molecule has 1 aliphatic rings. The Balaban J connectivity index is 2.63. The zero-order valence-corrected chi connectivity index (χ0v) is 15.0. The van der Waals surface area contributed by atoms with Crippen molar-refractivity contribution >= 4 is 11.9 Å². The van der Waals surface area contributed by atoms with Crippen molar-refractivity contribution in [2.75, 3.05) is 79.5 Å². The number of carboxylic acids is 2. The van der Waals surface area contributed by atoms with Crippen molar-refractivity contribution in [3.8, 4) is 0 Å². The number of carbonyl (C=O) groups is 2. The van der Waals surface area contributed by atoms with Gasteiger partial charge in [0.1, 0.15) is 0 Å². The summed E-state index contributed by atoms with van der Waals surface area (Å²) < 4.78 is 0. The Morgan fingerprint density at radius 1 is 0.667 bits per heavy atom. The van der Waals surface area contributed by atoms with Crippen LogP contribution in [-0.2, 0) is 9.59 Å². The van der Waals surface area contributed by atoms with Crippen LogP contribution in [0, 0.1) is 0 Å². The molecule has 1 heterocycles. The van der Waals surface area contributed by atoms with Crippen LogP contribution in [0.3, 0.4) is 0 Å². The van der Waals surface area contributed by atoms with Gasteiger partial charge in [0.2, 0.25) is 0 Å². The van der Waals surface area contributed by atoms with Gasteiger partial charge in [-0.1, -0.05) is 0 Å². The lowest BCUT2D eigenvalue weighted by Gasteiger charge is -2.28. The van der Waals surface area contributed by atoms with Crippen molar-refractivity contribution in [2.24, 2.45) is 0 Å². The van der Waals surface area contributed by atoms with Crippen molar-refractivity contribution in [3.05, 3.63) is 0 Å². The van der Waals surface area contributed by atoms with Crippen molar-refractivity contribution in [1.29, 1.82) is 0 Å². The predicted molar refractivity (Wildman–Crippen MR) is 92.4 cm³/mol. The highest BCUT2D eigenvalue weighted by Gasteiger charge is 2.15. The van der Waals surface area contributed by atoms with Gasteiger partial charge in [-0.05, 0) is 40.0 Å². The summed E-state index contributed by atoms with van der Waals surface area (Å²) in [5.74, 6) is -1.63. The summed E-state index contributed by atoms with van der Waals surface area (Å²) in [6.07, 6.45) is 1.82. The molecule has 0 unspecified atom stereocenters. The average Bonchev–Trinajstić information content (AvgIpc) is 2.48. The number of rotatable bonds is 4. The van der Waals surface area contributed by atoms with E-state index in [9.17, 15) is 9.59 Å². The van der Waals surface area contributed by atoms with E-state index in [1.54, 1.807) is 0 Å². The van der Waals surface area contributed by atoms with E-state index in [4.69, 9.17) is 10.2 Å². The number of hydrogen-bond acceptors (Lipinski definition) is 6. The summed E-state index contributed by atoms with van der Waals surface area (Å²) >= 11 is 0. The molecule has 140 valence electrons.